The number of benzene rings is 1. The average Bonchev–Trinajstić information content (AvgIpc) is 3.02. The Morgan fingerprint density at radius 1 is 1.12 bits per heavy atom. The van der Waals surface area contributed by atoms with Crippen molar-refractivity contribution in [1.82, 2.24) is 8.87 Å². The van der Waals surface area contributed by atoms with Gasteiger partial charge in [-0.3, -0.25) is 4.79 Å². The molecule has 2 heterocycles. The fourth-order valence-corrected chi connectivity index (χ4v) is 3.95. The fourth-order valence-electron chi connectivity index (χ4n) is 2.54. The highest BCUT2D eigenvalue weighted by Crippen LogP contribution is 2.19. The summed E-state index contributed by atoms with van der Waals surface area (Å²) in [5.41, 5.74) is 1.07. The van der Waals surface area contributed by atoms with Crippen molar-refractivity contribution in [2.45, 2.75) is 4.90 Å². The predicted octanol–water partition coefficient (Wildman–Crippen LogP) is 1.30. The molecule has 1 aliphatic heterocycles. The van der Waals surface area contributed by atoms with Gasteiger partial charge in [-0.25, -0.2) is 8.42 Å². The number of anilines is 1. The molecule has 7 nitrogen and oxygen atoms in total. The summed E-state index contributed by atoms with van der Waals surface area (Å²) in [5, 5.41) is 2.76. The van der Waals surface area contributed by atoms with Crippen LogP contribution in [0.25, 0.3) is 0 Å². The van der Waals surface area contributed by atoms with Gasteiger partial charge in [-0.05, 0) is 36.4 Å². The van der Waals surface area contributed by atoms with Crippen LogP contribution in [0.5, 0.6) is 0 Å². The summed E-state index contributed by atoms with van der Waals surface area (Å²) in [6, 6.07) is 9.69. The highest BCUT2D eigenvalue weighted by molar-refractivity contribution is 7.89. The number of rotatable bonds is 4. The van der Waals surface area contributed by atoms with Crippen LogP contribution in [0.4, 0.5) is 5.69 Å². The van der Waals surface area contributed by atoms with Gasteiger partial charge in [0, 0.05) is 32.0 Å². The number of sulfonamides is 1. The van der Waals surface area contributed by atoms with E-state index in [1.54, 1.807) is 42.1 Å². The number of hydrogen-bond acceptors (Lipinski definition) is 4. The molecule has 0 unspecified atom stereocenters. The van der Waals surface area contributed by atoms with Crippen LogP contribution in [0, 0.1) is 0 Å². The Kier molecular flexibility index (Phi) is 4.70. The van der Waals surface area contributed by atoms with Crippen molar-refractivity contribution in [2.75, 3.05) is 31.6 Å². The van der Waals surface area contributed by atoms with Crippen LogP contribution in [0.15, 0.2) is 47.5 Å². The summed E-state index contributed by atoms with van der Waals surface area (Å²) in [6.45, 7) is 1.52. The minimum Gasteiger partial charge on any atom is -0.379 e. The number of aromatic nitrogens is 1. The third-order valence-corrected chi connectivity index (χ3v) is 5.81. The molecule has 1 aromatic carbocycles. The molecule has 0 atom stereocenters. The van der Waals surface area contributed by atoms with Gasteiger partial charge in [0.1, 0.15) is 5.69 Å². The second-order valence-corrected chi connectivity index (χ2v) is 7.44. The molecular weight excluding hydrogens is 330 g/mol. The Morgan fingerprint density at radius 2 is 1.79 bits per heavy atom. The topological polar surface area (TPSA) is 80.6 Å². The normalized spacial score (nSPS) is 16.0. The van der Waals surface area contributed by atoms with E-state index in [0.717, 1.165) is 0 Å². The summed E-state index contributed by atoms with van der Waals surface area (Å²) >= 11 is 0. The number of nitrogens with one attached hydrogen (secondary N) is 1. The second kappa shape index (κ2) is 6.76. The highest BCUT2D eigenvalue weighted by Gasteiger charge is 2.26. The van der Waals surface area contributed by atoms with Crippen LogP contribution < -0.4 is 5.32 Å². The number of ether oxygens (including phenoxy) is 1. The van der Waals surface area contributed by atoms with E-state index in [1.165, 1.54) is 16.4 Å². The van der Waals surface area contributed by atoms with Crippen LogP contribution in [-0.2, 0) is 21.8 Å². The molecule has 0 aliphatic carbocycles. The fraction of sp³-hybridized carbons (Fsp3) is 0.312. The van der Waals surface area contributed by atoms with Gasteiger partial charge in [0.15, 0.2) is 0 Å². The Bertz CT molecular complexity index is 821. The third kappa shape index (κ3) is 3.35. The summed E-state index contributed by atoms with van der Waals surface area (Å²) in [5.74, 6) is -0.244. The molecule has 24 heavy (non-hydrogen) atoms. The third-order valence-electron chi connectivity index (χ3n) is 3.90. The Morgan fingerprint density at radius 3 is 2.38 bits per heavy atom. The summed E-state index contributed by atoms with van der Waals surface area (Å²) in [4.78, 5) is 12.4. The van der Waals surface area contributed by atoms with Crippen molar-refractivity contribution in [1.29, 1.82) is 0 Å². The zero-order valence-electron chi connectivity index (χ0n) is 13.3. The van der Waals surface area contributed by atoms with E-state index >= 15 is 0 Å². The maximum Gasteiger partial charge on any atom is 0.272 e. The summed E-state index contributed by atoms with van der Waals surface area (Å²) in [7, 11) is -1.74. The molecule has 0 bridgehead atoms. The van der Waals surface area contributed by atoms with Gasteiger partial charge in [-0.15, -0.1) is 0 Å². The molecule has 0 spiro atoms. The van der Waals surface area contributed by atoms with E-state index in [-0.39, 0.29) is 10.8 Å². The van der Waals surface area contributed by atoms with E-state index in [1.807, 2.05) is 0 Å². The van der Waals surface area contributed by atoms with E-state index < -0.39 is 10.0 Å². The molecule has 3 rings (SSSR count). The first-order chi connectivity index (χ1) is 11.5. The molecule has 1 amide bonds. The first-order valence-electron chi connectivity index (χ1n) is 7.59. The number of amides is 1. The first-order valence-corrected chi connectivity index (χ1v) is 9.03. The van der Waals surface area contributed by atoms with Crippen LogP contribution in [0.2, 0.25) is 0 Å². The van der Waals surface area contributed by atoms with Gasteiger partial charge in [-0.1, -0.05) is 0 Å². The second-order valence-electron chi connectivity index (χ2n) is 5.50. The predicted molar refractivity (Wildman–Crippen MR) is 89.4 cm³/mol. The van der Waals surface area contributed by atoms with Crippen LogP contribution >= 0.6 is 0 Å². The van der Waals surface area contributed by atoms with Crippen molar-refractivity contribution in [3.05, 3.63) is 48.3 Å². The maximum absolute atomic E-state index is 12.5. The van der Waals surface area contributed by atoms with Gasteiger partial charge in [-0.2, -0.15) is 4.31 Å². The molecular formula is C16H19N3O4S. The van der Waals surface area contributed by atoms with Gasteiger partial charge >= 0.3 is 0 Å². The molecule has 1 aliphatic rings. The average molecular weight is 349 g/mol. The number of hydrogen-bond donors (Lipinski definition) is 1. The van der Waals surface area contributed by atoms with E-state index in [9.17, 15) is 13.2 Å². The van der Waals surface area contributed by atoms with E-state index in [2.05, 4.69) is 5.32 Å². The lowest BCUT2D eigenvalue weighted by molar-refractivity contribution is 0.0730. The molecule has 1 aromatic heterocycles. The SMILES string of the molecule is Cn1cccc1C(=O)Nc1ccc(S(=O)(=O)N2CCOCC2)cc1. The van der Waals surface area contributed by atoms with Crippen LogP contribution in [0.1, 0.15) is 10.5 Å². The summed E-state index contributed by atoms with van der Waals surface area (Å²) in [6.07, 6.45) is 1.78. The number of nitrogens with zero attached hydrogens (tertiary/aromatic N) is 2. The van der Waals surface area contributed by atoms with Gasteiger partial charge in [0.25, 0.3) is 5.91 Å². The molecule has 1 saturated heterocycles. The lowest BCUT2D eigenvalue weighted by Gasteiger charge is -2.26. The largest absolute Gasteiger partial charge is 0.379 e. The molecule has 0 radical (unpaired) electrons. The minimum atomic E-state index is -3.52. The monoisotopic (exact) mass is 349 g/mol. The first kappa shape index (κ1) is 16.7. The molecule has 128 valence electrons. The smallest absolute Gasteiger partial charge is 0.272 e. The standard InChI is InChI=1S/C16H19N3O4S/c1-18-8-2-3-15(18)16(20)17-13-4-6-14(7-5-13)24(21,22)19-9-11-23-12-10-19/h2-8H,9-12H2,1H3,(H,17,20). The molecule has 2 aromatic rings. The van der Waals surface area contributed by atoms with Crippen molar-refractivity contribution in [3.63, 3.8) is 0 Å². The maximum atomic E-state index is 12.5. The van der Waals surface area contributed by atoms with Crippen LogP contribution in [0.3, 0.4) is 0 Å². The Labute approximate surface area is 140 Å². The molecule has 1 fully saturated rings. The van der Waals surface area contributed by atoms with Crippen molar-refractivity contribution >= 4 is 21.6 Å². The zero-order valence-corrected chi connectivity index (χ0v) is 14.1. The number of morpholine rings is 1. The lowest BCUT2D eigenvalue weighted by atomic mass is 10.3. The molecule has 0 saturated carbocycles. The van der Waals surface area contributed by atoms with E-state index in [4.69, 9.17) is 4.74 Å². The minimum absolute atomic E-state index is 0.210. The van der Waals surface area contributed by atoms with Crippen molar-refractivity contribution in [3.8, 4) is 0 Å². The van der Waals surface area contributed by atoms with Gasteiger partial charge in [0.05, 0.1) is 18.1 Å². The van der Waals surface area contributed by atoms with Crippen LogP contribution in [-0.4, -0.2) is 49.5 Å². The summed E-state index contributed by atoms with van der Waals surface area (Å²) < 4.78 is 33.4. The quantitative estimate of drug-likeness (QED) is 0.902. The van der Waals surface area contributed by atoms with Crippen molar-refractivity contribution < 1.29 is 17.9 Å². The Balaban J connectivity index is 1.73. The number of aryl methyl sites for hydroxylation is 1. The van der Waals surface area contributed by atoms with E-state index in [0.29, 0.717) is 37.7 Å². The van der Waals surface area contributed by atoms with Crippen molar-refractivity contribution in [2.24, 2.45) is 7.05 Å². The van der Waals surface area contributed by atoms with Gasteiger partial charge < -0.3 is 14.6 Å². The molecule has 8 heteroatoms. The highest BCUT2D eigenvalue weighted by atomic mass is 32.2. The molecule has 1 N–H and O–H groups in total. The zero-order chi connectivity index (χ0) is 17.2. The lowest BCUT2D eigenvalue weighted by Crippen LogP contribution is -2.40. The number of carbonyl (C=O) groups excluding carboxylic acids is 1. The number of carbonyl (C=O) groups is 1. The Hall–Kier alpha value is -2.16. The van der Waals surface area contributed by atoms with Gasteiger partial charge in [0.2, 0.25) is 10.0 Å².